The average molecular weight is 428 g/mol. The molecule has 4 rings (SSSR count). The second-order valence-corrected chi connectivity index (χ2v) is 7.40. The summed E-state index contributed by atoms with van der Waals surface area (Å²) >= 11 is 5.86. The number of aromatic nitrogens is 4. The van der Waals surface area contributed by atoms with Gasteiger partial charge in [0.15, 0.2) is 5.82 Å². The molecule has 2 aromatic heterocycles. The zero-order chi connectivity index (χ0) is 21.3. The third kappa shape index (κ3) is 4.03. The molecule has 1 aliphatic heterocycles. The van der Waals surface area contributed by atoms with Gasteiger partial charge in [-0.25, -0.2) is 0 Å². The number of rotatable bonds is 6. The fraction of sp³-hybridized carbons (Fsp3) is 0.250. The third-order valence-electron chi connectivity index (χ3n) is 4.79. The number of halogens is 1. The van der Waals surface area contributed by atoms with E-state index < -0.39 is 17.9 Å². The average Bonchev–Trinajstić information content (AvgIpc) is 3.41. The molecule has 2 N–H and O–H groups in total. The Hall–Kier alpha value is -3.30. The number of nitrogens with one attached hydrogen (secondary N) is 1. The van der Waals surface area contributed by atoms with Crippen LogP contribution in [0.15, 0.2) is 47.3 Å². The Morgan fingerprint density at radius 2 is 2.07 bits per heavy atom. The number of amides is 2. The molecule has 0 spiro atoms. The molecule has 0 radical (unpaired) electrons. The number of aliphatic hydroxyl groups is 1. The number of carbonyl (C=O) groups is 2. The molecule has 1 unspecified atom stereocenters. The number of aliphatic hydroxyl groups excluding tert-OH is 1. The van der Waals surface area contributed by atoms with Crippen molar-refractivity contribution in [1.29, 1.82) is 0 Å². The molecular formula is C20H18ClN5O4. The third-order valence-corrected chi connectivity index (χ3v) is 5.04. The van der Waals surface area contributed by atoms with E-state index in [-0.39, 0.29) is 30.6 Å². The van der Waals surface area contributed by atoms with Crippen LogP contribution in [-0.4, -0.2) is 42.2 Å². The summed E-state index contributed by atoms with van der Waals surface area (Å²) < 4.78 is 5.20. The maximum atomic E-state index is 12.8. The van der Waals surface area contributed by atoms with E-state index >= 15 is 0 Å². The maximum absolute atomic E-state index is 12.8. The first kappa shape index (κ1) is 20.0. The van der Waals surface area contributed by atoms with E-state index in [1.54, 1.807) is 43.5 Å². The number of carbonyl (C=O) groups excluding carboxylic acids is 2. The second kappa shape index (κ2) is 8.21. The van der Waals surface area contributed by atoms with Gasteiger partial charge < -0.3 is 9.63 Å². The van der Waals surface area contributed by atoms with Crippen LogP contribution in [0.3, 0.4) is 0 Å². The summed E-state index contributed by atoms with van der Waals surface area (Å²) in [7, 11) is 0. The molecule has 154 valence electrons. The highest BCUT2D eigenvalue weighted by atomic mass is 35.5. The molecule has 1 aliphatic rings. The second-order valence-electron chi connectivity index (χ2n) is 6.96. The van der Waals surface area contributed by atoms with Crippen LogP contribution in [-0.2, 0) is 22.6 Å². The number of nitrogens with zero attached hydrogens (tertiary/aromatic N) is 4. The van der Waals surface area contributed by atoms with Crippen LogP contribution in [0.4, 0.5) is 0 Å². The summed E-state index contributed by atoms with van der Waals surface area (Å²) in [5.74, 6) is -0.922. The SMILES string of the molecule is CC1C=C(c2cn[nH]c2)C(=O)N(Cc2nc(C[C@H](O)c3ccc(Cl)cc3)no2)C1=O. The van der Waals surface area contributed by atoms with Crippen molar-refractivity contribution in [1.82, 2.24) is 25.2 Å². The van der Waals surface area contributed by atoms with Gasteiger partial charge in [0.05, 0.1) is 18.2 Å². The Morgan fingerprint density at radius 1 is 1.30 bits per heavy atom. The predicted octanol–water partition coefficient (Wildman–Crippen LogP) is 2.31. The molecule has 3 aromatic rings. The van der Waals surface area contributed by atoms with Crippen LogP contribution < -0.4 is 0 Å². The van der Waals surface area contributed by atoms with Crippen molar-refractivity contribution in [2.75, 3.05) is 0 Å². The van der Waals surface area contributed by atoms with Crippen LogP contribution >= 0.6 is 11.6 Å². The van der Waals surface area contributed by atoms with Crippen LogP contribution in [0, 0.1) is 5.92 Å². The molecule has 1 aromatic carbocycles. The highest BCUT2D eigenvalue weighted by Gasteiger charge is 2.35. The summed E-state index contributed by atoms with van der Waals surface area (Å²) in [6.07, 6.45) is 4.00. The standard InChI is InChI=1S/C20H18ClN5O4/c1-11-6-15(13-8-22-23-9-13)20(29)26(19(11)28)10-18-24-17(25-30-18)7-16(27)12-2-4-14(21)5-3-12/h2-6,8-9,11,16,27H,7,10H2,1H3,(H,22,23)/t11?,16-/m0/s1. The van der Waals surface area contributed by atoms with E-state index in [1.165, 1.54) is 6.20 Å². The minimum Gasteiger partial charge on any atom is -0.388 e. The summed E-state index contributed by atoms with van der Waals surface area (Å²) in [4.78, 5) is 30.7. The first-order valence-electron chi connectivity index (χ1n) is 9.24. The molecule has 0 saturated heterocycles. The van der Waals surface area contributed by atoms with Crippen molar-refractivity contribution in [2.45, 2.75) is 26.0 Å². The molecule has 2 atom stereocenters. The monoisotopic (exact) mass is 427 g/mol. The fourth-order valence-corrected chi connectivity index (χ4v) is 3.33. The number of imide groups is 1. The normalized spacial score (nSPS) is 17.9. The van der Waals surface area contributed by atoms with Gasteiger partial charge in [0.2, 0.25) is 11.8 Å². The Kier molecular flexibility index (Phi) is 5.47. The summed E-state index contributed by atoms with van der Waals surface area (Å²) in [5.41, 5.74) is 1.64. The van der Waals surface area contributed by atoms with E-state index in [0.717, 1.165) is 4.90 Å². The lowest BCUT2D eigenvalue weighted by molar-refractivity contribution is -0.145. The maximum Gasteiger partial charge on any atom is 0.261 e. The van der Waals surface area contributed by atoms with Crippen molar-refractivity contribution in [3.8, 4) is 0 Å². The van der Waals surface area contributed by atoms with Crippen LogP contribution in [0.1, 0.15) is 35.9 Å². The number of benzene rings is 1. The number of aromatic amines is 1. The molecule has 0 aliphatic carbocycles. The molecule has 0 saturated carbocycles. The van der Waals surface area contributed by atoms with E-state index in [1.807, 2.05) is 0 Å². The lowest BCUT2D eigenvalue weighted by atomic mass is 9.96. The largest absolute Gasteiger partial charge is 0.388 e. The topological polar surface area (TPSA) is 125 Å². The van der Waals surface area contributed by atoms with Gasteiger partial charge in [-0.15, -0.1) is 0 Å². The Bertz CT molecular complexity index is 1090. The number of hydrogen-bond acceptors (Lipinski definition) is 7. The van der Waals surface area contributed by atoms with Gasteiger partial charge in [-0.1, -0.05) is 41.9 Å². The minimum absolute atomic E-state index is 0.107. The van der Waals surface area contributed by atoms with Gasteiger partial charge in [-0.3, -0.25) is 19.6 Å². The zero-order valence-corrected chi connectivity index (χ0v) is 16.7. The van der Waals surface area contributed by atoms with Crippen LogP contribution in [0.25, 0.3) is 5.57 Å². The van der Waals surface area contributed by atoms with Crippen molar-refractivity contribution in [2.24, 2.45) is 5.92 Å². The van der Waals surface area contributed by atoms with Gasteiger partial charge in [0.25, 0.3) is 5.91 Å². The molecule has 10 heteroatoms. The van der Waals surface area contributed by atoms with Crippen LogP contribution in [0.5, 0.6) is 0 Å². The van der Waals surface area contributed by atoms with Gasteiger partial charge in [-0.2, -0.15) is 10.1 Å². The van der Waals surface area contributed by atoms with Crippen molar-refractivity contribution >= 4 is 29.0 Å². The highest BCUT2D eigenvalue weighted by Crippen LogP contribution is 2.26. The first-order valence-corrected chi connectivity index (χ1v) is 9.62. The summed E-state index contributed by atoms with van der Waals surface area (Å²) in [6, 6.07) is 6.79. The van der Waals surface area contributed by atoms with Gasteiger partial charge >= 0.3 is 0 Å². The molecular weight excluding hydrogens is 410 g/mol. The molecule has 2 amide bonds. The molecule has 9 nitrogen and oxygen atoms in total. The predicted molar refractivity (Wildman–Crippen MR) is 106 cm³/mol. The van der Waals surface area contributed by atoms with Gasteiger partial charge in [0, 0.05) is 28.8 Å². The molecule has 0 fully saturated rings. The Labute approximate surface area is 176 Å². The van der Waals surface area contributed by atoms with Crippen molar-refractivity contribution in [3.05, 3.63) is 70.6 Å². The van der Waals surface area contributed by atoms with Gasteiger partial charge in [0.1, 0.15) is 6.54 Å². The fourth-order valence-electron chi connectivity index (χ4n) is 3.20. The van der Waals surface area contributed by atoms with Crippen molar-refractivity contribution in [3.63, 3.8) is 0 Å². The highest BCUT2D eigenvalue weighted by molar-refractivity contribution is 6.30. The van der Waals surface area contributed by atoms with E-state index in [0.29, 0.717) is 21.7 Å². The quantitative estimate of drug-likeness (QED) is 0.578. The lowest BCUT2D eigenvalue weighted by Gasteiger charge is -2.27. The van der Waals surface area contributed by atoms with E-state index in [2.05, 4.69) is 20.3 Å². The van der Waals surface area contributed by atoms with E-state index in [4.69, 9.17) is 16.1 Å². The Morgan fingerprint density at radius 3 is 2.77 bits per heavy atom. The molecule has 0 bridgehead atoms. The lowest BCUT2D eigenvalue weighted by Crippen LogP contribution is -2.43. The minimum atomic E-state index is -0.846. The number of H-pyrrole nitrogens is 1. The summed E-state index contributed by atoms with van der Waals surface area (Å²) in [6.45, 7) is 1.56. The van der Waals surface area contributed by atoms with E-state index in [9.17, 15) is 14.7 Å². The summed E-state index contributed by atoms with van der Waals surface area (Å²) in [5, 5.41) is 21.3. The van der Waals surface area contributed by atoms with Gasteiger partial charge in [-0.05, 0) is 17.7 Å². The van der Waals surface area contributed by atoms with Crippen LogP contribution in [0.2, 0.25) is 5.02 Å². The number of hydrogen-bond donors (Lipinski definition) is 2. The molecule has 3 heterocycles. The first-order chi connectivity index (χ1) is 14.4. The zero-order valence-electron chi connectivity index (χ0n) is 15.9. The molecule has 30 heavy (non-hydrogen) atoms. The Balaban J connectivity index is 1.47. The van der Waals surface area contributed by atoms with Crippen molar-refractivity contribution < 1.29 is 19.2 Å². The smallest absolute Gasteiger partial charge is 0.261 e.